The molecule has 0 fully saturated rings. The zero-order chi connectivity index (χ0) is 14.7. The van der Waals surface area contributed by atoms with Crippen LogP contribution in [0.2, 0.25) is 10.0 Å². The van der Waals surface area contributed by atoms with Crippen molar-refractivity contribution in [2.24, 2.45) is 0 Å². The summed E-state index contributed by atoms with van der Waals surface area (Å²) >= 11 is 12.0. The average Bonchev–Trinajstić information content (AvgIpc) is 2.52. The third kappa shape index (κ3) is 3.44. The van der Waals surface area contributed by atoms with E-state index < -0.39 is 0 Å². The quantitative estimate of drug-likeness (QED) is 0.509. The van der Waals surface area contributed by atoms with Crippen molar-refractivity contribution >= 4 is 34.1 Å². The lowest BCUT2D eigenvalue weighted by atomic mass is 10.3. The zero-order valence-corrected chi connectivity index (χ0v) is 13.5. The molecule has 21 heavy (non-hydrogen) atoms. The molecule has 0 bridgehead atoms. The van der Waals surface area contributed by atoms with Gasteiger partial charge in [0.05, 0.1) is 10.9 Å². The van der Waals surface area contributed by atoms with E-state index in [1.807, 2.05) is 30.3 Å². The first kappa shape index (κ1) is 14.5. The maximum absolute atomic E-state index is 6.01. The van der Waals surface area contributed by atoms with Gasteiger partial charge in [-0.3, -0.25) is 0 Å². The van der Waals surface area contributed by atoms with Crippen molar-refractivity contribution in [2.75, 3.05) is 0 Å². The standard InChI is InChI=1S/C18H13Cl2S/c19-14-6-10-17(11-7-14)21(16-4-2-1-3-5-16)18-12-8-15(20)9-13-18/h1-13H/q+1. The van der Waals surface area contributed by atoms with Crippen LogP contribution in [0.1, 0.15) is 0 Å². The Balaban J connectivity index is 2.11. The molecule has 3 aromatic rings. The monoisotopic (exact) mass is 331 g/mol. The molecule has 3 rings (SSSR count). The summed E-state index contributed by atoms with van der Waals surface area (Å²) in [4.78, 5) is 3.77. The molecule has 0 heterocycles. The Labute approximate surface area is 137 Å². The second-order valence-corrected chi connectivity index (χ2v) is 7.43. The summed E-state index contributed by atoms with van der Waals surface area (Å²) in [6, 6.07) is 26.6. The maximum atomic E-state index is 6.01. The van der Waals surface area contributed by atoms with Crippen molar-refractivity contribution in [1.82, 2.24) is 0 Å². The van der Waals surface area contributed by atoms with Crippen molar-refractivity contribution in [1.29, 1.82) is 0 Å². The summed E-state index contributed by atoms with van der Waals surface area (Å²) in [7, 11) is -0.148. The smallest absolute Gasteiger partial charge is 0.0843 e. The second kappa shape index (κ2) is 6.57. The van der Waals surface area contributed by atoms with Gasteiger partial charge in [-0.05, 0) is 60.7 Å². The molecule has 0 atom stereocenters. The van der Waals surface area contributed by atoms with Crippen molar-refractivity contribution < 1.29 is 0 Å². The highest BCUT2D eigenvalue weighted by atomic mass is 35.5. The Hall–Kier alpha value is -1.41. The van der Waals surface area contributed by atoms with Crippen LogP contribution < -0.4 is 0 Å². The van der Waals surface area contributed by atoms with Gasteiger partial charge in [0.1, 0.15) is 0 Å². The number of halogens is 2. The van der Waals surface area contributed by atoms with Gasteiger partial charge >= 0.3 is 0 Å². The van der Waals surface area contributed by atoms with Gasteiger partial charge in [0.15, 0.2) is 14.7 Å². The molecule has 0 saturated carbocycles. The normalized spacial score (nSPS) is 10.8. The van der Waals surface area contributed by atoms with E-state index in [0.29, 0.717) is 0 Å². The van der Waals surface area contributed by atoms with Crippen LogP contribution in [0.15, 0.2) is 93.5 Å². The first-order valence-corrected chi connectivity index (χ1v) is 8.52. The lowest BCUT2D eigenvalue weighted by Crippen LogP contribution is -2.04. The van der Waals surface area contributed by atoms with Crippen molar-refractivity contribution in [2.45, 2.75) is 14.7 Å². The molecule has 0 aliphatic heterocycles. The summed E-state index contributed by atoms with van der Waals surface area (Å²) in [5, 5.41) is 1.51. The molecule has 104 valence electrons. The molecule has 0 aliphatic rings. The molecule has 3 heteroatoms. The molecule has 0 nitrogen and oxygen atoms in total. The molecule has 0 spiro atoms. The van der Waals surface area contributed by atoms with E-state index in [-0.39, 0.29) is 10.9 Å². The summed E-state index contributed by atoms with van der Waals surface area (Å²) in [6.07, 6.45) is 0. The SMILES string of the molecule is Clc1ccc([S+](c2ccccc2)c2ccc(Cl)cc2)cc1. The van der Waals surface area contributed by atoms with Crippen LogP contribution in [0, 0.1) is 0 Å². The van der Waals surface area contributed by atoms with Crippen molar-refractivity contribution in [3.63, 3.8) is 0 Å². The van der Waals surface area contributed by atoms with E-state index in [4.69, 9.17) is 23.2 Å². The maximum Gasteiger partial charge on any atom is 0.166 e. The average molecular weight is 332 g/mol. The Morgan fingerprint density at radius 1 is 0.476 bits per heavy atom. The van der Waals surface area contributed by atoms with E-state index in [2.05, 4.69) is 48.5 Å². The van der Waals surface area contributed by atoms with Crippen molar-refractivity contribution in [3.05, 3.63) is 88.9 Å². The van der Waals surface area contributed by atoms with E-state index in [1.165, 1.54) is 14.7 Å². The minimum atomic E-state index is -0.148. The second-order valence-electron chi connectivity index (χ2n) is 4.53. The van der Waals surface area contributed by atoms with Gasteiger partial charge in [-0.1, -0.05) is 41.4 Å². The van der Waals surface area contributed by atoms with Gasteiger partial charge in [-0.15, -0.1) is 0 Å². The lowest BCUT2D eigenvalue weighted by molar-refractivity contribution is 1.32. The summed E-state index contributed by atoms with van der Waals surface area (Å²) in [6.45, 7) is 0. The zero-order valence-electron chi connectivity index (χ0n) is 11.2. The minimum absolute atomic E-state index is 0.148. The van der Waals surface area contributed by atoms with Gasteiger partial charge < -0.3 is 0 Å². The van der Waals surface area contributed by atoms with Gasteiger partial charge in [0, 0.05) is 10.0 Å². The van der Waals surface area contributed by atoms with Crippen LogP contribution in [-0.2, 0) is 10.9 Å². The molecule has 0 radical (unpaired) electrons. The molecule has 0 saturated heterocycles. The van der Waals surface area contributed by atoms with Crippen LogP contribution in [0.5, 0.6) is 0 Å². The Bertz CT molecular complexity index is 661. The summed E-state index contributed by atoms with van der Waals surface area (Å²) in [5.74, 6) is 0. The third-order valence-electron chi connectivity index (χ3n) is 3.08. The number of benzene rings is 3. The fourth-order valence-electron chi connectivity index (χ4n) is 2.11. The topological polar surface area (TPSA) is 0 Å². The van der Waals surface area contributed by atoms with E-state index >= 15 is 0 Å². The molecule has 0 aromatic heterocycles. The molecule has 3 aromatic carbocycles. The van der Waals surface area contributed by atoms with Crippen LogP contribution in [0.25, 0.3) is 0 Å². The van der Waals surface area contributed by atoms with Crippen LogP contribution in [-0.4, -0.2) is 0 Å². The molecule has 0 aliphatic carbocycles. The first-order chi connectivity index (χ1) is 10.2. The number of hydrogen-bond acceptors (Lipinski definition) is 0. The molecule has 0 unspecified atom stereocenters. The van der Waals surface area contributed by atoms with Gasteiger partial charge in [-0.25, -0.2) is 0 Å². The van der Waals surface area contributed by atoms with Gasteiger partial charge in [0.25, 0.3) is 0 Å². The molecular formula is C18H13Cl2S+. The Morgan fingerprint density at radius 2 is 0.857 bits per heavy atom. The highest BCUT2D eigenvalue weighted by Gasteiger charge is 2.28. The number of rotatable bonds is 3. The Morgan fingerprint density at radius 3 is 1.29 bits per heavy atom. The summed E-state index contributed by atoms with van der Waals surface area (Å²) < 4.78 is 0. The molecular weight excluding hydrogens is 319 g/mol. The largest absolute Gasteiger partial charge is 0.166 e. The van der Waals surface area contributed by atoms with Gasteiger partial charge in [0.2, 0.25) is 0 Å². The highest BCUT2D eigenvalue weighted by molar-refractivity contribution is 7.97. The van der Waals surface area contributed by atoms with Crippen LogP contribution >= 0.6 is 23.2 Å². The first-order valence-electron chi connectivity index (χ1n) is 6.54. The lowest BCUT2D eigenvalue weighted by Gasteiger charge is -2.08. The van der Waals surface area contributed by atoms with Crippen molar-refractivity contribution in [3.8, 4) is 0 Å². The van der Waals surface area contributed by atoms with Crippen LogP contribution in [0.3, 0.4) is 0 Å². The molecule has 0 N–H and O–H groups in total. The van der Waals surface area contributed by atoms with Crippen LogP contribution in [0.4, 0.5) is 0 Å². The molecule has 0 amide bonds. The minimum Gasteiger partial charge on any atom is -0.0843 e. The Kier molecular flexibility index (Phi) is 4.54. The van der Waals surface area contributed by atoms with Gasteiger partial charge in [-0.2, -0.15) is 0 Å². The number of hydrogen-bond donors (Lipinski definition) is 0. The third-order valence-corrected chi connectivity index (χ3v) is 5.81. The summed E-state index contributed by atoms with van der Waals surface area (Å²) in [5.41, 5.74) is 0. The van der Waals surface area contributed by atoms with E-state index in [9.17, 15) is 0 Å². The fourth-order valence-corrected chi connectivity index (χ4v) is 4.42. The fraction of sp³-hybridized carbons (Fsp3) is 0. The van der Waals surface area contributed by atoms with E-state index in [1.54, 1.807) is 0 Å². The predicted octanol–water partition coefficient (Wildman–Crippen LogP) is 6.09. The highest BCUT2D eigenvalue weighted by Crippen LogP contribution is 2.32. The predicted molar refractivity (Wildman–Crippen MR) is 91.5 cm³/mol. The van der Waals surface area contributed by atoms with E-state index in [0.717, 1.165) is 10.0 Å².